The minimum Gasteiger partial charge on any atom is -0.493 e. The maximum atomic E-state index is 12.6. The largest absolute Gasteiger partial charge is 0.493 e. The van der Waals surface area contributed by atoms with Crippen LogP contribution in [0.25, 0.3) is 6.08 Å². The zero-order chi connectivity index (χ0) is 24.7. The second-order valence-electron chi connectivity index (χ2n) is 7.18. The number of amides is 1. The summed E-state index contributed by atoms with van der Waals surface area (Å²) in [6.07, 6.45) is 1.39. The van der Waals surface area contributed by atoms with Crippen molar-refractivity contribution in [3.63, 3.8) is 0 Å². The van der Waals surface area contributed by atoms with E-state index in [0.29, 0.717) is 28.1 Å². The number of ether oxygens (including phenoxy) is 2. The maximum absolute atomic E-state index is 12.6. The van der Waals surface area contributed by atoms with Crippen molar-refractivity contribution in [2.45, 2.75) is 13.5 Å². The van der Waals surface area contributed by atoms with Gasteiger partial charge in [0.2, 0.25) is 0 Å². The lowest BCUT2D eigenvalue weighted by molar-refractivity contribution is -0.384. The van der Waals surface area contributed by atoms with E-state index >= 15 is 0 Å². The number of halogens is 1. The molecule has 34 heavy (non-hydrogen) atoms. The minimum atomic E-state index is -0.696. The van der Waals surface area contributed by atoms with Crippen molar-refractivity contribution < 1.29 is 19.2 Å². The number of carbonyl (C=O) groups excluding carboxylic acids is 1. The molecule has 9 heteroatoms. The number of aryl methyl sites for hydroxylation is 1. The second kappa shape index (κ2) is 11.1. The molecule has 0 radical (unpaired) electrons. The van der Waals surface area contributed by atoms with Gasteiger partial charge in [-0.2, -0.15) is 5.26 Å². The topological polar surface area (TPSA) is 114 Å². The van der Waals surface area contributed by atoms with E-state index in [1.165, 1.54) is 37.5 Å². The van der Waals surface area contributed by atoms with Crippen LogP contribution in [0.3, 0.4) is 0 Å². The molecular formula is C25H20BrN3O5. The van der Waals surface area contributed by atoms with Crippen molar-refractivity contribution in [3.8, 4) is 17.6 Å². The molecule has 0 unspecified atom stereocenters. The molecule has 0 bridgehead atoms. The predicted octanol–water partition coefficient (Wildman–Crippen LogP) is 5.80. The van der Waals surface area contributed by atoms with Crippen LogP contribution >= 0.6 is 15.9 Å². The Morgan fingerprint density at radius 3 is 2.65 bits per heavy atom. The highest BCUT2D eigenvalue weighted by atomic mass is 79.9. The van der Waals surface area contributed by atoms with Crippen LogP contribution < -0.4 is 14.8 Å². The number of carbonyl (C=O) groups is 1. The fourth-order valence-corrected chi connectivity index (χ4v) is 3.67. The number of hydrogen-bond acceptors (Lipinski definition) is 6. The van der Waals surface area contributed by atoms with Crippen molar-refractivity contribution in [2.75, 3.05) is 12.4 Å². The SMILES string of the molecule is COc1cc(/C=C(\C#N)C(=O)Nc2cccc([N+](=O)[O-])c2)cc(Br)c1OCc1ccccc1C. The lowest BCUT2D eigenvalue weighted by atomic mass is 10.1. The molecule has 0 atom stereocenters. The Bertz CT molecular complexity index is 1310. The molecule has 0 aliphatic carbocycles. The van der Waals surface area contributed by atoms with Gasteiger partial charge in [-0.3, -0.25) is 14.9 Å². The van der Waals surface area contributed by atoms with E-state index in [0.717, 1.165) is 11.1 Å². The van der Waals surface area contributed by atoms with E-state index in [2.05, 4.69) is 21.2 Å². The molecule has 0 fully saturated rings. The number of nitriles is 1. The Balaban J connectivity index is 1.83. The molecule has 8 nitrogen and oxygen atoms in total. The summed E-state index contributed by atoms with van der Waals surface area (Å²) in [6.45, 7) is 2.34. The third kappa shape index (κ3) is 5.99. The lowest BCUT2D eigenvalue weighted by Gasteiger charge is -2.14. The molecule has 3 aromatic carbocycles. The van der Waals surface area contributed by atoms with Crippen LogP contribution in [0, 0.1) is 28.4 Å². The van der Waals surface area contributed by atoms with Crippen molar-refractivity contribution in [1.29, 1.82) is 5.26 Å². The molecule has 3 aromatic rings. The average Bonchev–Trinajstić information content (AvgIpc) is 2.82. The first-order valence-corrected chi connectivity index (χ1v) is 10.8. The van der Waals surface area contributed by atoms with Gasteiger partial charge in [-0.25, -0.2) is 0 Å². The molecule has 1 N–H and O–H groups in total. The zero-order valence-electron chi connectivity index (χ0n) is 18.4. The quantitative estimate of drug-likeness (QED) is 0.173. The van der Waals surface area contributed by atoms with E-state index in [9.17, 15) is 20.2 Å². The Kier molecular flexibility index (Phi) is 8.01. The van der Waals surface area contributed by atoms with E-state index in [-0.39, 0.29) is 16.9 Å². The van der Waals surface area contributed by atoms with Crippen LogP contribution in [-0.4, -0.2) is 17.9 Å². The Labute approximate surface area is 204 Å². The van der Waals surface area contributed by atoms with E-state index in [1.807, 2.05) is 37.3 Å². The molecule has 0 spiro atoms. The monoisotopic (exact) mass is 521 g/mol. The summed E-state index contributed by atoms with van der Waals surface area (Å²) in [6, 6.07) is 18.6. The Morgan fingerprint density at radius 2 is 1.97 bits per heavy atom. The van der Waals surface area contributed by atoms with Gasteiger partial charge in [-0.1, -0.05) is 30.3 Å². The van der Waals surface area contributed by atoms with Crippen molar-refractivity contribution in [3.05, 3.63) is 97.5 Å². The summed E-state index contributed by atoms with van der Waals surface area (Å²) < 4.78 is 12.0. The zero-order valence-corrected chi connectivity index (χ0v) is 20.0. The third-order valence-electron chi connectivity index (χ3n) is 4.88. The van der Waals surface area contributed by atoms with Crippen LogP contribution in [0.1, 0.15) is 16.7 Å². The highest BCUT2D eigenvalue weighted by Gasteiger charge is 2.15. The van der Waals surface area contributed by atoms with Gasteiger partial charge in [0.05, 0.1) is 16.5 Å². The summed E-state index contributed by atoms with van der Waals surface area (Å²) in [4.78, 5) is 23.0. The number of nitro benzene ring substituents is 1. The fraction of sp³-hybridized carbons (Fsp3) is 0.120. The van der Waals surface area contributed by atoms with Gasteiger partial charge in [-0.05, 0) is 63.8 Å². The number of nitrogens with zero attached hydrogens (tertiary/aromatic N) is 2. The summed E-state index contributed by atoms with van der Waals surface area (Å²) in [5.74, 6) is 0.214. The van der Waals surface area contributed by atoms with Crippen LogP contribution in [0.2, 0.25) is 0 Å². The van der Waals surface area contributed by atoms with Crippen LogP contribution in [0.5, 0.6) is 11.5 Å². The van der Waals surface area contributed by atoms with Gasteiger partial charge in [0, 0.05) is 17.8 Å². The Hall–Kier alpha value is -4.16. The van der Waals surface area contributed by atoms with Gasteiger partial charge < -0.3 is 14.8 Å². The second-order valence-corrected chi connectivity index (χ2v) is 8.03. The molecular weight excluding hydrogens is 502 g/mol. The molecule has 0 saturated carbocycles. The van der Waals surface area contributed by atoms with E-state index < -0.39 is 10.8 Å². The molecule has 0 aliphatic rings. The standard InChI is InChI=1S/C25H20BrN3O5/c1-16-6-3-4-7-18(16)15-34-24-22(26)11-17(12-23(24)33-2)10-19(14-27)25(30)28-20-8-5-9-21(13-20)29(31)32/h3-13H,15H2,1-2H3,(H,28,30)/b19-10+. The molecule has 172 valence electrons. The van der Waals surface area contributed by atoms with Gasteiger partial charge >= 0.3 is 0 Å². The number of non-ortho nitro benzene ring substituents is 1. The minimum absolute atomic E-state index is 0.171. The first-order valence-electron chi connectivity index (χ1n) is 10.0. The predicted molar refractivity (Wildman–Crippen MR) is 132 cm³/mol. The number of rotatable bonds is 8. The average molecular weight is 522 g/mol. The van der Waals surface area contributed by atoms with Gasteiger partial charge in [0.1, 0.15) is 18.2 Å². The molecule has 3 rings (SSSR count). The maximum Gasteiger partial charge on any atom is 0.271 e. The number of nitro groups is 1. The summed E-state index contributed by atoms with van der Waals surface area (Å²) in [5.41, 5.74) is 2.51. The highest BCUT2D eigenvalue weighted by Crippen LogP contribution is 2.38. The van der Waals surface area contributed by atoms with Gasteiger partial charge in [0.25, 0.3) is 11.6 Å². The highest BCUT2D eigenvalue weighted by molar-refractivity contribution is 9.10. The van der Waals surface area contributed by atoms with Crippen molar-refractivity contribution in [2.24, 2.45) is 0 Å². The molecule has 1 amide bonds. The van der Waals surface area contributed by atoms with Crippen molar-refractivity contribution >= 4 is 39.3 Å². The number of nitrogens with one attached hydrogen (secondary N) is 1. The summed E-state index contributed by atoms with van der Waals surface area (Å²) in [5, 5.41) is 23.0. The van der Waals surface area contributed by atoms with Crippen LogP contribution in [-0.2, 0) is 11.4 Å². The fourth-order valence-electron chi connectivity index (χ4n) is 3.10. The number of anilines is 1. The Morgan fingerprint density at radius 1 is 1.21 bits per heavy atom. The van der Waals surface area contributed by atoms with Crippen molar-refractivity contribution in [1.82, 2.24) is 0 Å². The molecule has 0 heterocycles. The van der Waals surface area contributed by atoms with Crippen LogP contribution in [0.4, 0.5) is 11.4 Å². The molecule has 0 aromatic heterocycles. The molecule has 0 saturated heterocycles. The first kappa shape index (κ1) is 24.5. The van der Waals surface area contributed by atoms with Gasteiger partial charge in [-0.15, -0.1) is 0 Å². The van der Waals surface area contributed by atoms with E-state index in [4.69, 9.17) is 9.47 Å². The number of methoxy groups -OCH3 is 1. The smallest absolute Gasteiger partial charge is 0.271 e. The normalized spacial score (nSPS) is 10.8. The number of benzene rings is 3. The van der Waals surface area contributed by atoms with Crippen LogP contribution in [0.15, 0.2) is 70.7 Å². The third-order valence-corrected chi connectivity index (χ3v) is 5.46. The van der Waals surface area contributed by atoms with E-state index in [1.54, 1.807) is 12.1 Å². The lowest BCUT2D eigenvalue weighted by Crippen LogP contribution is -2.13. The summed E-state index contributed by atoms with van der Waals surface area (Å²) in [7, 11) is 1.50. The van der Waals surface area contributed by atoms with Gasteiger partial charge in [0.15, 0.2) is 11.5 Å². The summed E-state index contributed by atoms with van der Waals surface area (Å²) >= 11 is 3.47. The molecule has 0 aliphatic heterocycles. The first-order chi connectivity index (χ1) is 16.3. The number of hydrogen-bond donors (Lipinski definition) is 1.